The summed E-state index contributed by atoms with van der Waals surface area (Å²) in [6.07, 6.45) is 3.71. The maximum absolute atomic E-state index is 11.7. The Balaban J connectivity index is 2.40. The van der Waals surface area contributed by atoms with E-state index in [1.54, 1.807) is 4.90 Å². The molecule has 0 aromatic rings. The molecule has 0 unspecified atom stereocenters. The van der Waals surface area contributed by atoms with Gasteiger partial charge in [0.1, 0.15) is 0 Å². The van der Waals surface area contributed by atoms with Gasteiger partial charge in [-0.3, -0.25) is 4.79 Å². The van der Waals surface area contributed by atoms with Crippen molar-refractivity contribution < 1.29 is 13.2 Å². The third-order valence-corrected chi connectivity index (χ3v) is 4.11. The number of unbranched alkanes of at least 4 members (excludes halogenated alkanes) is 1. The first-order valence-electron chi connectivity index (χ1n) is 5.68. The summed E-state index contributed by atoms with van der Waals surface area (Å²) in [5.41, 5.74) is 0. The van der Waals surface area contributed by atoms with Crippen LogP contribution in [0.25, 0.3) is 0 Å². The molecule has 0 N–H and O–H groups in total. The van der Waals surface area contributed by atoms with Gasteiger partial charge in [0.15, 0.2) is 0 Å². The molecule has 5 nitrogen and oxygen atoms in total. The average molecular weight is 248 g/mol. The van der Waals surface area contributed by atoms with Gasteiger partial charge in [0, 0.05) is 32.6 Å². The number of hydrogen-bond acceptors (Lipinski definition) is 3. The van der Waals surface area contributed by atoms with E-state index < -0.39 is 10.0 Å². The van der Waals surface area contributed by atoms with Gasteiger partial charge in [-0.25, -0.2) is 8.42 Å². The molecule has 1 aliphatic rings. The van der Waals surface area contributed by atoms with E-state index in [0.717, 1.165) is 12.8 Å². The van der Waals surface area contributed by atoms with Crippen LogP contribution in [0.3, 0.4) is 0 Å². The molecule has 6 heteroatoms. The van der Waals surface area contributed by atoms with E-state index in [9.17, 15) is 13.2 Å². The summed E-state index contributed by atoms with van der Waals surface area (Å²) in [7, 11) is -3.10. The van der Waals surface area contributed by atoms with Gasteiger partial charge in [-0.05, 0) is 6.42 Å². The van der Waals surface area contributed by atoms with Crippen LogP contribution in [0.5, 0.6) is 0 Å². The van der Waals surface area contributed by atoms with Crippen LogP contribution in [-0.4, -0.2) is 56.0 Å². The van der Waals surface area contributed by atoms with Gasteiger partial charge < -0.3 is 4.90 Å². The van der Waals surface area contributed by atoms with Gasteiger partial charge in [0.25, 0.3) is 0 Å². The molecule has 16 heavy (non-hydrogen) atoms. The van der Waals surface area contributed by atoms with E-state index in [4.69, 9.17) is 0 Å². The van der Waals surface area contributed by atoms with Crippen molar-refractivity contribution >= 4 is 15.9 Å². The number of piperazine rings is 1. The fraction of sp³-hybridized carbons (Fsp3) is 0.900. The molecule has 1 aliphatic heterocycles. The minimum Gasteiger partial charge on any atom is -0.340 e. The zero-order valence-corrected chi connectivity index (χ0v) is 10.8. The number of sulfonamides is 1. The summed E-state index contributed by atoms with van der Waals surface area (Å²) < 4.78 is 23.9. The number of amides is 1. The predicted octanol–water partition coefficient (Wildman–Crippen LogP) is 0.280. The Hall–Kier alpha value is -0.620. The van der Waals surface area contributed by atoms with Gasteiger partial charge in [-0.2, -0.15) is 4.31 Å². The molecule has 0 spiro atoms. The summed E-state index contributed by atoms with van der Waals surface area (Å²) in [6, 6.07) is 0. The molecular weight excluding hydrogens is 228 g/mol. The third kappa shape index (κ3) is 3.75. The van der Waals surface area contributed by atoms with Crippen LogP contribution in [0.1, 0.15) is 26.2 Å². The summed E-state index contributed by atoms with van der Waals surface area (Å²) in [5, 5.41) is 0. The SMILES string of the molecule is CCCCC(=O)N1CCN(S(C)(=O)=O)CC1. The van der Waals surface area contributed by atoms with E-state index >= 15 is 0 Å². The van der Waals surface area contributed by atoms with E-state index in [1.807, 2.05) is 0 Å². The minimum absolute atomic E-state index is 0.148. The lowest BCUT2D eigenvalue weighted by Crippen LogP contribution is -2.50. The Morgan fingerprint density at radius 2 is 1.75 bits per heavy atom. The molecule has 1 amide bonds. The van der Waals surface area contributed by atoms with E-state index in [-0.39, 0.29) is 5.91 Å². The van der Waals surface area contributed by atoms with Crippen molar-refractivity contribution in [3.63, 3.8) is 0 Å². The second-order valence-corrected chi connectivity index (χ2v) is 6.13. The van der Waals surface area contributed by atoms with E-state index in [1.165, 1.54) is 10.6 Å². The Morgan fingerprint density at radius 3 is 2.19 bits per heavy atom. The third-order valence-electron chi connectivity index (χ3n) is 2.80. The average Bonchev–Trinajstić information content (AvgIpc) is 2.25. The molecule has 1 heterocycles. The van der Waals surface area contributed by atoms with Crippen molar-refractivity contribution in [2.24, 2.45) is 0 Å². The molecule has 0 aliphatic carbocycles. The summed E-state index contributed by atoms with van der Waals surface area (Å²) >= 11 is 0. The van der Waals surface area contributed by atoms with Gasteiger partial charge >= 0.3 is 0 Å². The van der Waals surface area contributed by atoms with Crippen LogP contribution in [0.4, 0.5) is 0 Å². The molecule has 0 bridgehead atoms. The van der Waals surface area contributed by atoms with Crippen molar-refractivity contribution in [3.8, 4) is 0 Å². The predicted molar refractivity (Wildman–Crippen MR) is 62.5 cm³/mol. The molecule has 0 atom stereocenters. The van der Waals surface area contributed by atoms with Crippen molar-refractivity contribution in [2.45, 2.75) is 26.2 Å². The highest BCUT2D eigenvalue weighted by Gasteiger charge is 2.25. The first-order chi connectivity index (χ1) is 7.45. The number of rotatable bonds is 4. The quantitative estimate of drug-likeness (QED) is 0.718. The molecule has 94 valence electrons. The normalized spacial score (nSPS) is 18.8. The lowest BCUT2D eigenvalue weighted by molar-refractivity contribution is -0.132. The number of hydrogen-bond donors (Lipinski definition) is 0. The fourth-order valence-electron chi connectivity index (χ4n) is 1.76. The second-order valence-electron chi connectivity index (χ2n) is 4.15. The highest BCUT2D eigenvalue weighted by molar-refractivity contribution is 7.88. The summed E-state index contributed by atoms with van der Waals surface area (Å²) in [6.45, 7) is 3.95. The number of carbonyl (C=O) groups is 1. The zero-order valence-electron chi connectivity index (χ0n) is 9.98. The maximum Gasteiger partial charge on any atom is 0.222 e. The lowest BCUT2D eigenvalue weighted by atomic mass is 10.2. The van der Waals surface area contributed by atoms with Gasteiger partial charge in [-0.15, -0.1) is 0 Å². The first kappa shape index (κ1) is 13.4. The highest BCUT2D eigenvalue weighted by Crippen LogP contribution is 2.08. The van der Waals surface area contributed by atoms with E-state index in [0.29, 0.717) is 32.6 Å². The summed E-state index contributed by atoms with van der Waals surface area (Å²) in [4.78, 5) is 13.4. The molecule has 1 saturated heterocycles. The van der Waals surface area contributed by atoms with Crippen LogP contribution < -0.4 is 0 Å². The van der Waals surface area contributed by atoms with Crippen LogP contribution in [0.15, 0.2) is 0 Å². The number of carbonyl (C=O) groups excluding carboxylic acids is 1. The Bertz CT molecular complexity index is 332. The van der Waals surface area contributed by atoms with Crippen LogP contribution >= 0.6 is 0 Å². The lowest BCUT2D eigenvalue weighted by Gasteiger charge is -2.33. The van der Waals surface area contributed by atoms with Crippen LogP contribution in [0.2, 0.25) is 0 Å². The smallest absolute Gasteiger partial charge is 0.222 e. The van der Waals surface area contributed by atoms with Gasteiger partial charge in [0.2, 0.25) is 15.9 Å². The molecule has 1 rings (SSSR count). The topological polar surface area (TPSA) is 57.7 Å². The van der Waals surface area contributed by atoms with Crippen LogP contribution in [0, 0.1) is 0 Å². The van der Waals surface area contributed by atoms with Crippen molar-refractivity contribution in [1.29, 1.82) is 0 Å². The van der Waals surface area contributed by atoms with Gasteiger partial charge in [0.05, 0.1) is 6.26 Å². The molecule has 1 fully saturated rings. The maximum atomic E-state index is 11.7. The molecule has 0 aromatic carbocycles. The standard InChI is InChI=1S/C10H20N2O3S/c1-3-4-5-10(13)11-6-8-12(9-7-11)16(2,14)15/h3-9H2,1-2H3. The minimum atomic E-state index is -3.10. The molecule has 0 saturated carbocycles. The zero-order chi connectivity index (χ0) is 12.2. The highest BCUT2D eigenvalue weighted by atomic mass is 32.2. The van der Waals surface area contributed by atoms with Crippen molar-refractivity contribution in [2.75, 3.05) is 32.4 Å². The largest absolute Gasteiger partial charge is 0.340 e. The number of nitrogens with zero attached hydrogens (tertiary/aromatic N) is 2. The first-order valence-corrected chi connectivity index (χ1v) is 7.53. The second kappa shape index (κ2) is 5.63. The van der Waals surface area contributed by atoms with Gasteiger partial charge in [-0.1, -0.05) is 13.3 Å². The Morgan fingerprint density at radius 1 is 1.19 bits per heavy atom. The van der Waals surface area contributed by atoms with Crippen molar-refractivity contribution in [3.05, 3.63) is 0 Å². The monoisotopic (exact) mass is 248 g/mol. The Labute approximate surface area is 97.5 Å². The Kier molecular flexibility index (Phi) is 4.73. The van der Waals surface area contributed by atoms with Crippen molar-refractivity contribution in [1.82, 2.24) is 9.21 Å². The molecule has 0 radical (unpaired) electrons. The molecule has 0 aromatic heterocycles. The van der Waals surface area contributed by atoms with Crippen LogP contribution in [-0.2, 0) is 14.8 Å². The molecular formula is C10H20N2O3S. The fourth-order valence-corrected chi connectivity index (χ4v) is 2.58. The van der Waals surface area contributed by atoms with E-state index in [2.05, 4.69) is 6.92 Å². The summed E-state index contributed by atoms with van der Waals surface area (Å²) in [5.74, 6) is 0.148.